The number of aliphatic hydroxyl groups is 1. The van der Waals surface area contributed by atoms with E-state index in [2.05, 4.69) is 11.8 Å². The lowest BCUT2D eigenvalue weighted by Crippen LogP contribution is -2.43. The van der Waals surface area contributed by atoms with E-state index in [0.717, 1.165) is 12.3 Å². The van der Waals surface area contributed by atoms with Gasteiger partial charge in [0.05, 0.1) is 0 Å². The number of hydrogen-bond donors (Lipinski definition) is 2. The molecule has 4 nitrogen and oxygen atoms in total. The van der Waals surface area contributed by atoms with E-state index in [0.29, 0.717) is 24.9 Å². The van der Waals surface area contributed by atoms with Crippen molar-refractivity contribution in [1.82, 2.24) is 4.90 Å². The van der Waals surface area contributed by atoms with Gasteiger partial charge < -0.3 is 15.6 Å². The third-order valence-corrected chi connectivity index (χ3v) is 4.24. The first kappa shape index (κ1) is 16.1. The number of likely N-dealkylation sites (N-methyl/N-ethyl adjacent to an activating group) is 1. The molecule has 0 amide bonds. The summed E-state index contributed by atoms with van der Waals surface area (Å²) in [4.78, 5) is 2.40. The highest BCUT2D eigenvalue weighted by molar-refractivity contribution is 5.43. The van der Waals surface area contributed by atoms with E-state index in [4.69, 9.17) is 10.5 Å². The van der Waals surface area contributed by atoms with Gasteiger partial charge in [-0.05, 0) is 31.5 Å². The van der Waals surface area contributed by atoms with Gasteiger partial charge in [0.25, 0.3) is 0 Å². The van der Waals surface area contributed by atoms with Crippen molar-refractivity contribution in [3.05, 3.63) is 24.3 Å². The highest BCUT2D eigenvalue weighted by atomic mass is 16.5. The second-order valence-corrected chi connectivity index (χ2v) is 5.92. The molecule has 1 aliphatic carbocycles. The molecule has 0 spiro atoms. The molecule has 3 N–H and O–H groups in total. The molecule has 0 aromatic heterocycles. The number of rotatable bonds is 7. The van der Waals surface area contributed by atoms with Gasteiger partial charge in [0.15, 0.2) is 0 Å². The number of aliphatic hydroxyl groups excluding tert-OH is 1. The molecule has 0 heterocycles. The van der Waals surface area contributed by atoms with Crippen molar-refractivity contribution in [2.75, 3.05) is 25.4 Å². The van der Waals surface area contributed by atoms with Gasteiger partial charge in [-0.1, -0.05) is 32.3 Å². The maximum atomic E-state index is 10.2. The van der Waals surface area contributed by atoms with Crippen LogP contribution in [-0.2, 0) is 0 Å². The van der Waals surface area contributed by atoms with Crippen LogP contribution in [0, 0.1) is 0 Å². The Hall–Kier alpha value is -1.26. The Labute approximate surface area is 127 Å². The molecule has 118 valence electrons. The minimum Gasteiger partial charge on any atom is -0.491 e. The van der Waals surface area contributed by atoms with Gasteiger partial charge >= 0.3 is 0 Å². The summed E-state index contributed by atoms with van der Waals surface area (Å²) in [6.45, 7) is 4.15. The van der Waals surface area contributed by atoms with Gasteiger partial charge in [-0.25, -0.2) is 0 Å². The van der Waals surface area contributed by atoms with Gasteiger partial charge in [0.2, 0.25) is 0 Å². The number of anilines is 1. The van der Waals surface area contributed by atoms with Crippen LogP contribution >= 0.6 is 0 Å². The first-order valence-corrected chi connectivity index (χ1v) is 8.09. The summed E-state index contributed by atoms with van der Waals surface area (Å²) in [5.74, 6) is 0.717. The molecule has 1 fully saturated rings. The molecule has 2 rings (SSSR count). The number of ether oxygens (including phenoxy) is 1. The SMILES string of the molecule is CCN(CC(O)COc1cccc(N)c1)C1CCCCC1. The minimum absolute atomic E-state index is 0.312. The lowest BCUT2D eigenvalue weighted by Gasteiger charge is -2.34. The first-order chi connectivity index (χ1) is 10.2. The summed E-state index contributed by atoms with van der Waals surface area (Å²) in [7, 11) is 0. The number of hydrogen-bond acceptors (Lipinski definition) is 4. The summed E-state index contributed by atoms with van der Waals surface area (Å²) in [5, 5.41) is 10.2. The summed E-state index contributed by atoms with van der Waals surface area (Å²) in [6.07, 6.45) is 6.05. The van der Waals surface area contributed by atoms with Crippen LogP contribution in [0.1, 0.15) is 39.0 Å². The standard InChI is InChI=1S/C17H28N2O2/c1-2-19(15-8-4-3-5-9-15)12-16(20)13-21-17-10-6-7-14(18)11-17/h6-7,10-11,15-16,20H,2-5,8-9,12-13,18H2,1H3. The topological polar surface area (TPSA) is 58.7 Å². The summed E-state index contributed by atoms with van der Waals surface area (Å²) < 4.78 is 5.62. The molecule has 0 saturated heterocycles. The molecule has 1 aromatic carbocycles. The molecule has 1 aromatic rings. The average molecular weight is 292 g/mol. The number of nitrogens with zero attached hydrogens (tertiary/aromatic N) is 1. The third-order valence-electron chi connectivity index (χ3n) is 4.24. The van der Waals surface area contributed by atoms with Gasteiger partial charge in [-0.2, -0.15) is 0 Å². The number of nitrogen functional groups attached to an aromatic ring is 1. The highest BCUT2D eigenvalue weighted by Crippen LogP contribution is 2.22. The molecule has 1 saturated carbocycles. The molecule has 4 heteroatoms. The van der Waals surface area contributed by atoms with E-state index in [1.165, 1.54) is 32.1 Å². The molecule has 0 radical (unpaired) electrons. The van der Waals surface area contributed by atoms with E-state index in [1.54, 1.807) is 6.07 Å². The van der Waals surface area contributed by atoms with Crippen LogP contribution in [0.15, 0.2) is 24.3 Å². The van der Waals surface area contributed by atoms with E-state index in [-0.39, 0.29) is 0 Å². The van der Waals surface area contributed by atoms with E-state index < -0.39 is 6.10 Å². The smallest absolute Gasteiger partial charge is 0.121 e. The fraction of sp³-hybridized carbons (Fsp3) is 0.647. The summed E-state index contributed by atoms with van der Waals surface area (Å²) in [5.41, 5.74) is 6.39. The first-order valence-electron chi connectivity index (χ1n) is 8.09. The lowest BCUT2D eigenvalue weighted by atomic mass is 9.94. The van der Waals surface area contributed by atoms with Crippen molar-refractivity contribution < 1.29 is 9.84 Å². The van der Waals surface area contributed by atoms with Crippen molar-refractivity contribution in [2.24, 2.45) is 0 Å². The Balaban J connectivity index is 1.78. The largest absolute Gasteiger partial charge is 0.491 e. The van der Waals surface area contributed by atoms with E-state index >= 15 is 0 Å². The van der Waals surface area contributed by atoms with Crippen LogP contribution in [0.3, 0.4) is 0 Å². The summed E-state index contributed by atoms with van der Waals surface area (Å²) >= 11 is 0. The number of benzene rings is 1. The Morgan fingerprint density at radius 1 is 1.33 bits per heavy atom. The van der Waals surface area contributed by atoms with Crippen LogP contribution in [-0.4, -0.2) is 41.8 Å². The number of nitrogens with two attached hydrogens (primary N) is 1. The predicted molar refractivity (Wildman–Crippen MR) is 86.5 cm³/mol. The van der Waals surface area contributed by atoms with E-state index in [9.17, 15) is 5.11 Å². The highest BCUT2D eigenvalue weighted by Gasteiger charge is 2.22. The summed E-state index contributed by atoms with van der Waals surface area (Å²) in [6, 6.07) is 7.96. The molecule has 1 atom stereocenters. The predicted octanol–water partition coefficient (Wildman–Crippen LogP) is 2.66. The fourth-order valence-corrected chi connectivity index (χ4v) is 3.10. The van der Waals surface area contributed by atoms with Gasteiger partial charge in [-0.15, -0.1) is 0 Å². The average Bonchev–Trinajstić information content (AvgIpc) is 2.51. The Morgan fingerprint density at radius 2 is 2.10 bits per heavy atom. The van der Waals surface area contributed by atoms with Gasteiger partial charge in [-0.3, -0.25) is 4.90 Å². The molecule has 0 aliphatic heterocycles. The monoisotopic (exact) mass is 292 g/mol. The van der Waals surface area contributed by atoms with Gasteiger partial charge in [0, 0.05) is 24.3 Å². The van der Waals surface area contributed by atoms with Crippen LogP contribution in [0.5, 0.6) is 5.75 Å². The molecular formula is C17H28N2O2. The van der Waals surface area contributed by atoms with Crippen molar-refractivity contribution in [3.8, 4) is 5.75 Å². The van der Waals surface area contributed by atoms with E-state index in [1.807, 2.05) is 18.2 Å². The van der Waals surface area contributed by atoms with Crippen LogP contribution < -0.4 is 10.5 Å². The molecule has 21 heavy (non-hydrogen) atoms. The van der Waals surface area contributed by atoms with Crippen molar-refractivity contribution >= 4 is 5.69 Å². The zero-order valence-corrected chi connectivity index (χ0v) is 13.0. The fourth-order valence-electron chi connectivity index (χ4n) is 3.10. The Kier molecular flexibility index (Phi) is 6.33. The van der Waals surface area contributed by atoms with Crippen LogP contribution in [0.2, 0.25) is 0 Å². The third kappa shape index (κ3) is 5.21. The quantitative estimate of drug-likeness (QED) is 0.759. The molecule has 0 bridgehead atoms. The second-order valence-electron chi connectivity index (χ2n) is 5.92. The second kappa shape index (κ2) is 8.25. The van der Waals surface area contributed by atoms with Gasteiger partial charge in [0.1, 0.15) is 18.5 Å². The molecule has 1 unspecified atom stereocenters. The maximum absolute atomic E-state index is 10.2. The molecule has 1 aliphatic rings. The van der Waals surface area contributed by atoms with Crippen LogP contribution in [0.4, 0.5) is 5.69 Å². The van der Waals surface area contributed by atoms with Crippen LogP contribution in [0.25, 0.3) is 0 Å². The molecular weight excluding hydrogens is 264 g/mol. The maximum Gasteiger partial charge on any atom is 0.121 e. The Morgan fingerprint density at radius 3 is 2.76 bits per heavy atom. The minimum atomic E-state index is -0.465. The van der Waals surface area contributed by atoms with Crippen molar-refractivity contribution in [2.45, 2.75) is 51.2 Å². The Bertz CT molecular complexity index is 419. The normalized spacial score (nSPS) is 17.9. The zero-order chi connectivity index (χ0) is 15.1. The zero-order valence-electron chi connectivity index (χ0n) is 13.0. The van der Waals surface area contributed by atoms with Crippen molar-refractivity contribution in [1.29, 1.82) is 0 Å². The van der Waals surface area contributed by atoms with Crippen molar-refractivity contribution in [3.63, 3.8) is 0 Å². The lowest BCUT2D eigenvalue weighted by molar-refractivity contribution is 0.0464.